The van der Waals surface area contributed by atoms with Gasteiger partial charge in [0.2, 0.25) is 0 Å². The van der Waals surface area contributed by atoms with Crippen LogP contribution in [-0.2, 0) is 17.1 Å². The maximum Gasteiger partial charge on any atom is 0.416 e. The van der Waals surface area contributed by atoms with Crippen molar-refractivity contribution in [2.24, 2.45) is 17.8 Å². The average molecular weight is 530 g/mol. The number of carboxylic acids is 1. The Labute approximate surface area is 211 Å². The lowest BCUT2D eigenvalue weighted by Crippen LogP contribution is -2.50. The molecule has 202 valence electrons. The average Bonchev–Trinajstić information content (AvgIpc) is 3.61. The zero-order valence-corrected chi connectivity index (χ0v) is 20.4. The fraction of sp³-hybridized carbons (Fsp3) is 0.519. The third-order valence-corrected chi connectivity index (χ3v) is 7.45. The summed E-state index contributed by atoms with van der Waals surface area (Å²) in [6.07, 6.45) is -7.52. The van der Waals surface area contributed by atoms with Crippen molar-refractivity contribution < 1.29 is 41.0 Å². The standard InChI is InChI=1S/C27H29F6NO3/c1-15(25(35)36)24(18-6-7-18)19-4-3-5-21(10-19)37-14-17-12-34(13-17)16(2)22-11-20(26(28,29)30)8-9-23(22)27(31,32)33/h3-5,8-11,15-18,24H,6-7,12-14H2,1-2H3,(H,35,36)/t15-,16?,24-/m0/s1. The van der Waals surface area contributed by atoms with E-state index in [0.29, 0.717) is 49.6 Å². The van der Waals surface area contributed by atoms with Gasteiger partial charge in [-0.3, -0.25) is 9.69 Å². The maximum atomic E-state index is 13.5. The number of rotatable bonds is 9. The molecule has 0 bridgehead atoms. The molecule has 1 heterocycles. The van der Waals surface area contributed by atoms with Gasteiger partial charge in [0, 0.05) is 25.0 Å². The summed E-state index contributed by atoms with van der Waals surface area (Å²) in [5.74, 6) is -0.548. The summed E-state index contributed by atoms with van der Waals surface area (Å²) in [7, 11) is 0. The third kappa shape index (κ3) is 6.22. The van der Waals surface area contributed by atoms with Crippen molar-refractivity contribution in [3.05, 3.63) is 64.7 Å². The molecule has 1 aliphatic heterocycles. The lowest BCUT2D eigenvalue weighted by Gasteiger charge is -2.43. The number of halogens is 6. The Hall–Kier alpha value is -2.75. The van der Waals surface area contributed by atoms with Gasteiger partial charge in [0.15, 0.2) is 0 Å². The van der Waals surface area contributed by atoms with Gasteiger partial charge in [0.1, 0.15) is 5.75 Å². The maximum absolute atomic E-state index is 13.5. The number of aliphatic carboxylic acids is 1. The molecule has 1 saturated carbocycles. The van der Waals surface area contributed by atoms with E-state index in [9.17, 15) is 36.2 Å². The number of nitrogens with zero attached hydrogens (tertiary/aromatic N) is 1. The van der Waals surface area contributed by atoms with Crippen LogP contribution in [0.5, 0.6) is 5.75 Å². The van der Waals surface area contributed by atoms with Crippen molar-refractivity contribution in [3.63, 3.8) is 0 Å². The topological polar surface area (TPSA) is 49.8 Å². The second-order valence-corrected chi connectivity index (χ2v) is 10.2. The van der Waals surface area contributed by atoms with E-state index in [-0.39, 0.29) is 11.8 Å². The van der Waals surface area contributed by atoms with E-state index in [1.807, 2.05) is 18.2 Å². The van der Waals surface area contributed by atoms with Crippen LogP contribution in [-0.4, -0.2) is 35.7 Å². The predicted molar refractivity (Wildman–Crippen MR) is 124 cm³/mol. The lowest BCUT2D eigenvalue weighted by atomic mass is 9.83. The number of benzene rings is 2. The molecule has 1 aliphatic carbocycles. The Morgan fingerprint density at radius 3 is 2.27 bits per heavy atom. The molecule has 1 unspecified atom stereocenters. The van der Waals surface area contributed by atoms with E-state index in [2.05, 4.69) is 0 Å². The highest BCUT2D eigenvalue weighted by molar-refractivity contribution is 5.71. The summed E-state index contributed by atoms with van der Waals surface area (Å²) < 4.78 is 85.8. The molecule has 0 spiro atoms. The molecule has 10 heteroatoms. The Morgan fingerprint density at radius 1 is 1.03 bits per heavy atom. The third-order valence-electron chi connectivity index (χ3n) is 7.45. The zero-order valence-electron chi connectivity index (χ0n) is 20.4. The Balaban J connectivity index is 1.39. The minimum Gasteiger partial charge on any atom is -0.493 e. The molecule has 2 aliphatic rings. The summed E-state index contributed by atoms with van der Waals surface area (Å²) >= 11 is 0. The van der Waals surface area contributed by atoms with Gasteiger partial charge in [-0.05, 0) is 73.1 Å². The van der Waals surface area contributed by atoms with Crippen molar-refractivity contribution in [1.29, 1.82) is 0 Å². The highest BCUT2D eigenvalue weighted by atomic mass is 19.4. The van der Waals surface area contributed by atoms with E-state index in [0.717, 1.165) is 18.4 Å². The molecule has 0 amide bonds. The summed E-state index contributed by atoms with van der Waals surface area (Å²) in [4.78, 5) is 13.3. The molecule has 4 rings (SSSR count). The van der Waals surface area contributed by atoms with Gasteiger partial charge in [0.25, 0.3) is 0 Å². The number of likely N-dealkylation sites (tertiary alicyclic amines) is 1. The van der Waals surface area contributed by atoms with E-state index >= 15 is 0 Å². The smallest absolute Gasteiger partial charge is 0.416 e. The van der Waals surface area contributed by atoms with Crippen molar-refractivity contribution in [2.45, 2.75) is 51.0 Å². The van der Waals surface area contributed by atoms with Gasteiger partial charge in [0.05, 0.1) is 23.7 Å². The molecule has 4 nitrogen and oxygen atoms in total. The lowest BCUT2D eigenvalue weighted by molar-refractivity contribution is -0.142. The first-order valence-corrected chi connectivity index (χ1v) is 12.2. The van der Waals surface area contributed by atoms with Crippen LogP contribution >= 0.6 is 0 Å². The summed E-state index contributed by atoms with van der Waals surface area (Å²) in [5.41, 5.74) is -1.66. The Bertz CT molecular complexity index is 1120. The minimum absolute atomic E-state index is 0.00316. The Kier molecular flexibility index (Phi) is 7.52. The zero-order chi connectivity index (χ0) is 27.1. The van der Waals surface area contributed by atoms with Crippen molar-refractivity contribution in [3.8, 4) is 5.75 Å². The van der Waals surface area contributed by atoms with Crippen LogP contribution in [0, 0.1) is 17.8 Å². The first kappa shape index (κ1) is 27.3. The van der Waals surface area contributed by atoms with Crippen molar-refractivity contribution >= 4 is 5.97 Å². The summed E-state index contributed by atoms with van der Waals surface area (Å²) in [5, 5.41) is 9.49. The number of hydrogen-bond acceptors (Lipinski definition) is 3. The van der Waals surface area contributed by atoms with Gasteiger partial charge < -0.3 is 9.84 Å². The summed E-state index contributed by atoms with van der Waals surface area (Å²) in [6.45, 7) is 4.25. The number of hydrogen-bond donors (Lipinski definition) is 1. The van der Waals surface area contributed by atoms with E-state index < -0.39 is 47.0 Å². The van der Waals surface area contributed by atoms with E-state index in [4.69, 9.17) is 4.74 Å². The normalized spacial score (nSPS) is 19.7. The minimum atomic E-state index is -4.76. The van der Waals surface area contributed by atoms with Gasteiger partial charge in [-0.1, -0.05) is 19.1 Å². The molecule has 3 atom stereocenters. The molecule has 0 aromatic heterocycles. The van der Waals surface area contributed by atoms with Crippen LogP contribution in [0.1, 0.15) is 60.9 Å². The van der Waals surface area contributed by atoms with Crippen LogP contribution in [0.4, 0.5) is 26.3 Å². The van der Waals surface area contributed by atoms with Crippen LogP contribution < -0.4 is 4.74 Å². The highest BCUT2D eigenvalue weighted by Crippen LogP contribution is 2.47. The number of carbonyl (C=O) groups is 1. The highest BCUT2D eigenvalue weighted by Gasteiger charge is 2.41. The fourth-order valence-electron chi connectivity index (χ4n) is 5.17. The molecule has 0 radical (unpaired) electrons. The predicted octanol–water partition coefficient (Wildman–Crippen LogP) is 7.01. The van der Waals surface area contributed by atoms with Crippen LogP contribution in [0.15, 0.2) is 42.5 Å². The van der Waals surface area contributed by atoms with Crippen LogP contribution in [0.2, 0.25) is 0 Å². The van der Waals surface area contributed by atoms with E-state index in [1.165, 1.54) is 6.92 Å². The van der Waals surface area contributed by atoms with Crippen molar-refractivity contribution in [2.75, 3.05) is 19.7 Å². The number of carboxylic acid groups (broad SMARTS) is 1. The first-order valence-electron chi connectivity index (χ1n) is 12.2. The Morgan fingerprint density at radius 2 is 1.70 bits per heavy atom. The molecule has 2 aromatic carbocycles. The molecule has 1 N–H and O–H groups in total. The SMILES string of the molecule is CC(c1cc(C(F)(F)F)ccc1C(F)(F)F)N1CC(COc2cccc([C@H](C3CC3)[C@H](C)C(=O)O)c2)C1. The van der Waals surface area contributed by atoms with Gasteiger partial charge in [-0.25, -0.2) is 0 Å². The molecular weight excluding hydrogens is 500 g/mol. The second kappa shape index (κ2) is 10.2. The molecule has 2 aromatic rings. The second-order valence-electron chi connectivity index (χ2n) is 10.2. The monoisotopic (exact) mass is 529 g/mol. The number of alkyl halides is 6. The van der Waals surface area contributed by atoms with Crippen LogP contribution in [0.25, 0.3) is 0 Å². The molecule has 2 fully saturated rings. The van der Waals surface area contributed by atoms with Gasteiger partial charge in [-0.15, -0.1) is 0 Å². The summed E-state index contributed by atoms with van der Waals surface area (Å²) in [6, 6.07) is 8.04. The van der Waals surface area contributed by atoms with Gasteiger partial charge >= 0.3 is 18.3 Å². The van der Waals surface area contributed by atoms with Crippen LogP contribution in [0.3, 0.4) is 0 Å². The number of ether oxygens (including phenoxy) is 1. The molecule has 1 saturated heterocycles. The first-order chi connectivity index (χ1) is 17.3. The fourth-order valence-corrected chi connectivity index (χ4v) is 5.17. The molecule has 37 heavy (non-hydrogen) atoms. The quantitative estimate of drug-likeness (QED) is 0.355. The largest absolute Gasteiger partial charge is 0.493 e. The van der Waals surface area contributed by atoms with E-state index in [1.54, 1.807) is 17.9 Å². The van der Waals surface area contributed by atoms with Crippen molar-refractivity contribution in [1.82, 2.24) is 4.90 Å². The van der Waals surface area contributed by atoms with Gasteiger partial charge in [-0.2, -0.15) is 26.3 Å². The molecular formula is C27H29F6NO3.